The van der Waals surface area contributed by atoms with Gasteiger partial charge in [0.1, 0.15) is 0 Å². The van der Waals surface area contributed by atoms with Crippen molar-refractivity contribution in [3.8, 4) is 6.07 Å². The molecule has 0 amide bonds. The molecule has 0 spiro atoms. The summed E-state index contributed by atoms with van der Waals surface area (Å²) in [5, 5.41) is 8.80. The second kappa shape index (κ2) is 4.58. The van der Waals surface area contributed by atoms with Crippen LogP contribution >= 0.6 is 0 Å². The third-order valence-corrected chi connectivity index (χ3v) is 2.43. The Morgan fingerprint density at radius 3 is 2.35 bits per heavy atom. The molecule has 0 aliphatic rings. The van der Waals surface area contributed by atoms with Crippen molar-refractivity contribution in [1.29, 1.82) is 5.26 Å². The summed E-state index contributed by atoms with van der Waals surface area (Å²) in [6.45, 7) is 2.71. The van der Waals surface area contributed by atoms with E-state index in [-0.39, 0.29) is 23.1 Å². The standard InChI is InChI=1S/C12H10F3NO/c1-3-8-4-9(6-16)10(7(2)17)5-11(8)12(13,14)15/h4-5H,3H2,1-2H3. The molecule has 1 aromatic carbocycles. The largest absolute Gasteiger partial charge is 0.416 e. The minimum absolute atomic E-state index is 0.0117. The third kappa shape index (κ3) is 2.64. The predicted octanol–water partition coefficient (Wildman–Crippen LogP) is 3.34. The summed E-state index contributed by atoms with van der Waals surface area (Å²) in [4.78, 5) is 11.2. The van der Waals surface area contributed by atoms with Crippen LogP contribution in [-0.2, 0) is 12.6 Å². The number of rotatable bonds is 2. The molecule has 0 fully saturated rings. The Morgan fingerprint density at radius 1 is 1.41 bits per heavy atom. The Hall–Kier alpha value is -1.83. The Morgan fingerprint density at radius 2 is 2.00 bits per heavy atom. The lowest BCUT2D eigenvalue weighted by atomic mass is 9.95. The molecule has 0 atom stereocenters. The number of hydrogen-bond donors (Lipinski definition) is 0. The molecule has 0 aliphatic carbocycles. The van der Waals surface area contributed by atoms with Crippen molar-refractivity contribution < 1.29 is 18.0 Å². The van der Waals surface area contributed by atoms with Crippen LogP contribution < -0.4 is 0 Å². The smallest absolute Gasteiger partial charge is 0.294 e. The van der Waals surface area contributed by atoms with E-state index in [1.54, 1.807) is 13.0 Å². The van der Waals surface area contributed by atoms with Crippen LogP contribution in [0.15, 0.2) is 12.1 Å². The summed E-state index contributed by atoms with van der Waals surface area (Å²) >= 11 is 0. The van der Waals surface area contributed by atoms with E-state index in [4.69, 9.17) is 5.26 Å². The molecular formula is C12H10F3NO. The molecular weight excluding hydrogens is 231 g/mol. The van der Waals surface area contributed by atoms with E-state index < -0.39 is 17.5 Å². The molecule has 0 N–H and O–H groups in total. The maximum absolute atomic E-state index is 12.7. The zero-order valence-electron chi connectivity index (χ0n) is 9.35. The van der Waals surface area contributed by atoms with E-state index >= 15 is 0 Å². The van der Waals surface area contributed by atoms with Crippen LogP contribution in [0.5, 0.6) is 0 Å². The number of benzene rings is 1. The Bertz CT molecular complexity index is 498. The van der Waals surface area contributed by atoms with Gasteiger partial charge in [-0.15, -0.1) is 0 Å². The molecule has 0 bridgehead atoms. The lowest BCUT2D eigenvalue weighted by Crippen LogP contribution is -2.12. The lowest BCUT2D eigenvalue weighted by molar-refractivity contribution is -0.138. The first-order chi connectivity index (χ1) is 7.81. The van der Waals surface area contributed by atoms with Gasteiger partial charge in [-0.25, -0.2) is 0 Å². The normalized spacial score (nSPS) is 11.1. The molecule has 90 valence electrons. The van der Waals surface area contributed by atoms with Crippen LogP contribution in [0.1, 0.15) is 40.9 Å². The van der Waals surface area contributed by atoms with Gasteiger partial charge >= 0.3 is 6.18 Å². The highest BCUT2D eigenvalue weighted by Gasteiger charge is 2.34. The summed E-state index contributed by atoms with van der Waals surface area (Å²) in [5.74, 6) is -0.547. The summed E-state index contributed by atoms with van der Waals surface area (Å²) in [7, 11) is 0. The number of carbonyl (C=O) groups is 1. The molecule has 0 radical (unpaired) electrons. The summed E-state index contributed by atoms with van der Waals surface area (Å²) in [6, 6.07) is 3.64. The highest BCUT2D eigenvalue weighted by atomic mass is 19.4. The zero-order chi connectivity index (χ0) is 13.2. The van der Waals surface area contributed by atoms with Gasteiger partial charge in [-0.05, 0) is 31.0 Å². The lowest BCUT2D eigenvalue weighted by Gasteiger charge is -2.13. The fourth-order valence-electron chi connectivity index (χ4n) is 1.58. The number of carbonyl (C=O) groups excluding carboxylic acids is 1. The van der Waals surface area contributed by atoms with E-state index in [1.807, 2.05) is 0 Å². The third-order valence-electron chi connectivity index (χ3n) is 2.43. The molecule has 0 saturated heterocycles. The van der Waals surface area contributed by atoms with E-state index in [9.17, 15) is 18.0 Å². The first-order valence-electron chi connectivity index (χ1n) is 4.96. The van der Waals surface area contributed by atoms with Crippen molar-refractivity contribution >= 4 is 5.78 Å². The average molecular weight is 241 g/mol. The van der Waals surface area contributed by atoms with E-state index in [0.717, 1.165) is 19.1 Å². The Kier molecular flexibility index (Phi) is 3.56. The molecule has 0 saturated carbocycles. The van der Waals surface area contributed by atoms with Crippen molar-refractivity contribution in [3.05, 3.63) is 34.4 Å². The van der Waals surface area contributed by atoms with Crippen LogP contribution in [0.3, 0.4) is 0 Å². The first kappa shape index (κ1) is 13.2. The average Bonchev–Trinajstić information content (AvgIpc) is 2.25. The van der Waals surface area contributed by atoms with E-state index in [0.29, 0.717) is 0 Å². The van der Waals surface area contributed by atoms with Gasteiger partial charge in [-0.3, -0.25) is 4.79 Å². The number of alkyl halides is 3. The fraction of sp³-hybridized carbons (Fsp3) is 0.333. The topological polar surface area (TPSA) is 40.9 Å². The number of halogens is 3. The van der Waals surface area contributed by atoms with Gasteiger partial charge in [0, 0.05) is 5.56 Å². The van der Waals surface area contributed by atoms with Crippen LogP contribution in [0.4, 0.5) is 13.2 Å². The van der Waals surface area contributed by atoms with Gasteiger partial charge in [0.15, 0.2) is 5.78 Å². The molecule has 5 heteroatoms. The van der Waals surface area contributed by atoms with Gasteiger partial charge in [0.05, 0.1) is 17.2 Å². The summed E-state index contributed by atoms with van der Waals surface area (Å²) in [6.07, 6.45) is -4.36. The van der Waals surface area contributed by atoms with Gasteiger partial charge in [-0.1, -0.05) is 6.92 Å². The van der Waals surface area contributed by atoms with Gasteiger partial charge in [0.25, 0.3) is 0 Å². The summed E-state index contributed by atoms with van der Waals surface area (Å²) in [5.41, 5.74) is -1.01. The Balaban J connectivity index is 3.58. The van der Waals surface area contributed by atoms with Crippen molar-refractivity contribution in [1.82, 2.24) is 0 Å². The number of nitrogens with zero attached hydrogens (tertiary/aromatic N) is 1. The van der Waals surface area contributed by atoms with Gasteiger partial charge in [-0.2, -0.15) is 18.4 Å². The predicted molar refractivity (Wildman–Crippen MR) is 55.5 cm³/mol. The van der Waals surface area contributed by atoms with Crippen LogP contribution in [0.25, 0.3) is 0 Å². The maximum atomic E-state index is 12.7. The highest BCUT2D eigenvalue weighted by Crippen LogP contribution is 2.34. The van der Waals surface area contributed by atoms with Crippen molar-refractivity contribution in [2.75, 3.05) is 0 Å². The quantitative estimate of drug-likeness (QED) is 0.745. The second-order valence-electron chi connectivity index (χ2n) is 3.57. The molecule has 1 rings (SSSR count). The number of ketones is 1. The molecule has 0 unspecified atom stereocenters. The van der Waals surface area contributed by atoms with Gasteiger partial charge in [0.2, 0.25) is 0 Å². The minimum atomic E-state index is -4.51. The monoisotopic (exact) mass is 241 g/mol. The van der Waals surface area contributed by atoms with Crippen LogP contribution in [0, 0.1) is 11.3 Å². The molecule has 2 nitrogen and oxygen atoms in total. The number of Topliss-reactive ketones (excluding diaryl/α,β-unsaturated/α-hetero) is 1. The second-order valence-corrected chi connectivity index (χ2v) is 3.57. The molecule has 17 heavy (non-hydrogen) atoms. The van der Waals surface area contributed by atoms with Crippen LogP contribution in [0.2, 0.25) is 0 Å². The van der Waals surface area contributed by atoms with Gasteiger partial charge < -0.3 is 0 Å². The van der Waals surface area contributed by atoms with Crippen LogP contribution in [-0.4, -0.2) is 5.78 Å². The Labute approximate surface area is 96.7 Å². The molecule has 1 aromatic rings. The number of nitriles is 1. The highest BCUT2D eigenvalue weighted by molar-refractivity contribution is 5.96. The molecule has 0 aromatic heterocycles. The zero-order valence-corrected chi connectivity index (χ0v) is 9.35. The van der Waals surface area contributed by atoms with Crippen molar-refractivity contribution in [2.24, 2.45) is 0 Å². The maximum Gasteiger partial charge on any atom is 0.416 e. The fourth-order valence-corrected chi connectivity index (χ4v) is 1.58. The molecule has 0 heterocycles. The number of hydrogen-bond acceptors (Lipinski definition) is 2. The van der Waals surface area contributed by atoms with Crippen molar-refractivity contribution in [3.63, 3.8) is 0 Å². The SMILES string of the molecule is CCc1cc(C#N)c(C(C)=O)cc1C(F)(F)F. The molecule has 0 aliphatic heterocycles. The van der Waals surface area contributed by atoms with Crippen molar-refractivity contribution in [2.45, 2.75) is 26.4 Å². The van der Waals surface area contributed by atoms with E-state index in [2.05, 4.69) is 0 Å². The number of aryl methyl sites for hydroxylation is 1. The van der Waals surface area contributed by atoms with E-state index in [1.165, 1.54) is 0 Å². The first-order valence-corrected chi connectivity index (χ1v) is 4.96. The summed E-state index contributed by atoms with van der Waals surface area (Å²) < 4.78 is 38.2. The minimum Gasteiger partial charge on any atom is -0.294 e.